The van der Waals surface area contributed by atoms with Gasteiger partial charge in [0.1, 0.15) is 0 Å². The minimum Gasteiger partial charge on any atom is -0.434 e. The van der Waals surface area contributed by atoms with Gasteiger partial charge in [-0.05, 0) is 11.8 Å². The maximum absolute atomic E-state index is 10.6. The summed E-state index contributed by atoms with van der Waals surface area (Å²) in [5, 5.41) is 0. The Kier molecular flexibility index (Phi) is 5.89. The van der Waals surface area contributed by atoms with Gasteiger partial charge < -0.3 is 9.47 Å². The van der Waals surface area contributed by atoms with Gasteiger partial charge in [0.05, 0.1) is 6.61 Å². The second-order valence-corrected chi connectivity index (χ2v) is 3.25. The summed E-state index contributed by atoms with van der Waals surface area (Å²) in [6.45, 7) is 6.54. The highest BCUT2D eigenvalue weighted by Crippen LogP contribution is 2.09. The first-order chi connectivity index (χ1) is 5.57. The standard InChI is InChI=1S/C8H15ClO3/c1-6(2)7(3)4-11-8(10)12-5-9/h6-7H,4-5H2,1-3H3/t7-/m0/s1. The SMILES string of the molecule is CC(C)[C@@H](C)COC(=O)OCCl. The molecule has 0 aliphatic rings. The highest BCUT2D eigenvalue weighted by molar-refractivity contribution is 6.17. The van der Waals surface area contributed by atoms with Gasteiger partial charge in [-0.1, -0.05) is 32.4 Å². The lowest BCUT2D eigenvalue weighted by atomic mass is 10.00. The summed E-state index contributed by atoms with van der Waals surface area (Å²) < 4.78 is 9.14. The van der Waals surface area contributed by atoms with Crippen molar-refractivity contribution in [2.24, 2.45) is 11.8 Å². The molecule has 0 saturated heterocycles. The average molecular weight is 195 g/mol. The molecule has 0 bridgehead atoms. The summed E-state index contributed by atoms with van der Waals surface area (Å²) >= 11 is 5.15. The third-order valence-corrected chi connectivity index (χ3v) is 1.88. The molecule has 0 heterocycles. The molecule has 0 aromatic rings. The topological polar surface area (TPSA) is 35.5 Å². The molecular weight excluding hydrogens is 180 g/mol. The number of alkyl halides is 1. The van der Waals surface area contributed by atoms with E-state index in [1.165, 1.54) is 0 Å². The maximum Gasteiger partial charge on any atom is 0.509 e. The van der Waals surface area contributed by atoms with E-state index in [1.54, 1.807) is 0 Å². The minimum absolute atomic E-state index is 0.158. The number of hydrogen-bond acceptors (Lipinski definition) is 3. The van der Waals surface area contributed by atoms with E-state index in [1.807, 2.05) is 6.92 Å². The molecule has 0 aliphatic heterocycles. The molecule has 0 rings (SSSR count). The van der Waals surface area contributed by atoms with E-state index in [2.05, 4.69) is 18.6 Å². The van der Waals surface area contributed by atoms with Gasteiger partial charge in [0.2, 0.25) is 0 Å². The van der Waals surface area contributed by atoms with Crippen molar-refractivity contribution < 1.29 is 14.3 Å². The Hall–Kier alpha value is -0.440. The number of carbonyl (C=O) groups excluding carboxylic acids is 1. The van der Waals surface area contributed by atoms with Crippen molar-refractivity contribution in [1.29, 1.82) is 0 Å². The van der Waals surface area contributed by atoms with Crippen molar-refractivity contribution in [1.82, 2.24) is 0 Å². The van der Waals surface area contributed by atoms with Crippen molar-refractivity contribution in [3.05, 3.63) is 0 Å². The van der Waals surface area contributed by atoms with Crippen LogP contribution in [0.3, 0.4) is 0 Å². The number of rotatable bonds is 4. The molecule has 0 amide bonds. The Morgan fingerprint density at radius 1 is 1.33 bits per heavy atom. The van der Waals surface area contributed by atoms with E-state index >= 15 is 0 Å². The van der Waals surface area contributed by atoms with Crippen LogP contribution in [-0.4, -0.2) is 18.8 Å². The molecule has 0 aromatic heterocycles. The lowest BCUT2D eigenvalue weighted by Crippen LogP contribution is -2.16. The molecule has 0 aromatic carbocycles. The quantitative estimate of drug-likeness (QED) is 0.510. The molecule has 1 atom stereocenters. The fourth-order valence-corrected chi connectivity index (χ4v) is 0.567. The van der Waals surface area contributed by atoms with Crippen LogP contribution in [0.4, 0.5) is 4.79 Å². The zero-order valence-corrected chi connectivity index (χ0v) is 8.43. The first kappa shape index (κ1) is 11.6. The first-order valence-electron chi connectivity index (χ1n) is 3.93. The van der Waals surface area contributed by atoms with E-state index in [0.29, 0.717) is 18.4 Å². The van der Waals surface area contributed by atoms with Crippen molar-refractivity contribution in [3.8, 4) is 0 Å². The Bertz CT molecular complexity index is 136. The number of ether oxygens (including phenoxy) is 2. The van der Waals surface area contributed by atoms with Gasteiger partial charge in [0, 0.05) is 0 Å². The molecule has 0 radical (unpaired) electrons. The summed E-state index contributed by atoms with van der Waals surface area (Å²) in [7, 11) is 0. The van der Waals surface area contributed by atoms with E-state index in [9.17, 15) is 4.79 Å². The fourth-order valence-electron chi connectivity index (χ4n) is 0.478. The van der Waals surface area contributed by atoms with Crippen LogP contribution < -0.4 is 0 Å². The number of carbonyl (C=O) groups is 1. The van der Waals surface area contributed by atoms with E-state index < -0.39 is 6.16 Å². The van der Waals surface area contributed by atoms with Gasteiger partial charge in [-0.15, -0.1) is 0 Å². The van der Waals surface area contributed by atoms with E-state index in [0.717, 1.165) is 0 Å². The van der Waals surface area contributed by atoms with Crippen LogP contribution in [0, 0.1) is 11.8 Å². The first-order valence-corrected chi connectivity index (χ1v) is 4.47. The molecule has 0 N–H and O–H groups in total. The van der Waals surface area contributed by atoms with E-state index in [-0.39, 0.29) is 6.07 Å². The lowest BCUT2D eigenvalue weighted by molar-refractivity contribution is 0.0520. The summed E-state index contributed by atoms with van der Waals surface area (Å²) in [4.78, 5) is 10.6. The Morgan fingerprint density at radius 2 is 1.92 bits per heavy atom. The molecule has 12 heavy (non-hydrogen) atoms. The summed E-state index contributed by atoms with van der Waals surface area (Å²) in [5.41, 5.74) is 0. The van der Waals surface area contributed by atoms with Crippen LogP contribution >= 0.6 is 11.6 Å². The molecule has 0 fully saturated rings. The van der Waals surface area contributed by atoms with Crippen LogP contribution in [0.1, 0.15) is 20.8 Å². The molecule has 0 unspecified atom stereocenters. The predicted molar refractivity (Wildman–Crippen MR) is 47.2 cm³/mol. The summed E-state index contributed by atoms with van der Waals surface area (Å²) in [5.74, 6) is 0.835. The third-order valence-electron chi connectivity index (χ3n) is 1.77. The normalized spacial score (nSPS) is 12.8. The van der Waals surface area contributed by atoms with Crippen molar-refractivity contribution in [2.45, 2.75) is 20.8 Å². The molecule has 4 heteroatoms. The number of halogens is 1. The second kappa shape index (κ2) is 6.12. The van der Waals surface area contributed by atoms with E-state index in [4.69, 9.17) is 16.3 Å². The van der Waals surface area contributed by atoms with Crippen LogP contribution in [0.15, 0.2) is 0 Å². The molecule has 0 saturated carbocycles. The molecule has 72 valence electrons. The van der Waals surface area contributed by atoms with Crippen molar-refractivity contribution >= 4 is 17.8 Å². The smallest absolute Gasteiger partial charge is 0.434 e. The molecule has 3 nitrogen and oxygen atoms in total. The monoisotopic (exact) mass is 194 g/mol. The summed E-state index contributed by atoms with van der Waals surface area (Å²) in [6, 6.07) is -0.158. The Balaban J connectivity index is 3.47. The van der Waals surface area contributed by atoms with Crippen LogP contribution in [0.2, 0.25) is 0 Å². The molecular formula is C8H15ClO3. The predicted octanol–water partition coefficient (Wildman–Crippen LogP) is 2.63. The largest absolute Gasteiger partial charge is 0.509 e. The van der Waals surface area contributed by atoms with Crippen molar-refractivity contribution in [2.75, 3.05) is 12.7 Å². The van der Waals surface area contributed by atoms with Gasteiger partial charge in [-0.25, -0.2) is 4.79 Å². The zero-order valence-electron chi connectivity index (χ0n) is 7.67. The molecule has 0 spiro atoms. The second-order valence-electron chi connectivity index (χ2n) is 3.04. The van der Waals surface area contributed by atoms with Gasteiger partial charge >= 0.3 is 6.16 Å². The van der Waals surface area contributed by atoms with Gasteiger partial charge in [-0.3, -0.25) is 0 Å². The van der Waals surface area contributed by atoms with Crippen LogP contribution in [0.5, 0.6) is 0 Å². The Labute approximate surface area is 78.0 Å². The summed E-state index contributed by atoms with van der Waals surface area (Å²) in [6.07, 6.45) is -0.697. The highest BCUT2D eigenvalue weighted by atomic mass is 35.5. The van der Waals surface area contributed by atoms with Crippen molar-refractivity contribution in [3.63, 3.8) is 0 Å². The lowest BCUT2D eigenvalue weighted by Gasteiger charge is -2.14. The fraction of sp³-hybridized carbons (Fsp3) is 0.875. The average Bonchev–Trinajstić information content (AvgIpc) is 2.00. The minimum atomic E-state index is -0.697. The highest BCUT2D eigenvalue weighted by Gasteiger charge is 2.10. The third kappa shape index (κ3) is 5.24. The van der Waals surface area contributed by atoms with Gasteiger partial charge in [0.25, 0.3) is 0 Å². The van der Waals surface area contributed by atoms with Crippen LogP contribution in [0.25, 0.3) is 0 Å². The zero-order chi connectivity index (χ0) is 9.56. The van der Waals surface area contributed by atoms with Gasteiger partial charge in [-0.2, -0.15) is 0 Å². The van der Waals surface area contributed by atoms with Crippen LogP contribution in [-0.2, 0) is 9.47 Å². The Morgan fingerprint density at radius 3 is 2.33 bits per heavy atom. The number of hydrogen-bond donors (Lipinski definition) is 0. The van der Waals surface area contributed by atoms with Gasteiger partial charge in [0.15, 0.2) is 6.07 Å². The molecule has 0 aliphatic carbocycles. The maximum atomic E-state index is 10.6.